The number of methoxy groups -OCH3 is 1. The van der Waals surface area contributed by atoms with Crippen molar-refractivity contribution in [2.75, 3.05) is 26.7 Å². The van der Waals surface area contributed by atoms with Crippen LogP contribution < -0.4 is 0 Å². The van der Waals surface area contributed by atoms with Crippen LogP contribution in [0.25, 0.3) is 0 Å². The number of hydrogen-bond acceptors (Lipinski definition) is 6. The molecular weight excluding hydrogens is 455 g/mol. The van der Waals surface area contributed by atoms with Gasteiger partial charge in [-0.25, -0.2) is 18.8 Å². The molecule has 35 heavy (non-hydrogen) atoms. The number of carbonyl (C=O) groups is 3. The molecule has 188 valence electrons. The monoisotopic (exact) mass is 486 g/mol. The average Bonchev–Trinajstić information content (AvgIpc) is 2.83. The number of benzene rings is 2. The molecule has 0 spiro atoms. The fourth-order valence-electron chi connectivity index (χ4n) is 3.99. The van der Waals surface area contributed by atoms with Crippen molar-refractivity contribution in [3.05, 3.63) is 71.5 Å². The van der Waals surface area contributed by atoms with Crippen molar-refractivity contribution in [1.82, 2.24) is 9.80 Å². The Balaban J connectivity index is 1.94. The molecule has 2 aromatic rings. The Morgan fingerprint density at radius 3 is 2.20 bits per heavy atom. The molecular formula is C26H31FN2O6. The maximum absolute atomic E-state index is 13.5. The van der Waals surface area contributed by atoms with Crippen molar-refractivity contribution in [2.24, 2.45) is 0 Å². The molecule has 2 aromatic carbocycles. The Hall–Kier alpha value is -3.62. The van der Waals surface area contributed by atoms with E-state index in [1.165, 1.54) is 41.2 Å². The number of esters is 1. The fourth-order valence-corrected chi connectivity index (χ4v) is 3.99. The summed E-state index contributed by atoms with van der Waals surface area (Å²) in [6, 6.07) is 14.7. The van der Waals surface area contributed by atoms with Gasteiger partial charge in [-0.1, -0.05) is 42.5 Å². The van der Waals surface area contributed by atoms with E-state index in [0.29, 0.717) is 5.56 Å². The third-order valence-corrected chi connectivity index (χ3v) is 5.62. The van der Waals surface area contributed by atoms with Crippen LogP contribution in [0.4, 0.5) is 14.0 Å². The molecule has 1 aliphatic heterocycles. The lowest BCUT2D eigenvalue weighted by Crippen LogP contribution is -2.69. The summed E-state index contributed by atoms with van der Waals surface area (Å²) in [7, 11) is 1.22. The summed E-state index contributed by atoms with van der Waals surface area (Å²) in [4.78, 5) is 42.1. The molecule has 8 nitrogen and oxygen atoms in total. The Kier molecular flexibility index (Phi) is 7.99. The van der Waals surface area contributed by atoms with Crippen LogP contribution in [0, 0.1) is 5.82 Å². The predicted octanol–water partition coefficient (Wildman–Crippen LogP) is 4.17. The van der Waals surface area contributed by atoms with E-state index in [2.05, 4.69) is 0 Å². The van der Waals surface area contributed by atoms with Gasteiger partial charge in [0, 0.05) is 19.5 Å². The number of piperazine rings is 1. The fraction of sp³-hybridized carbons (Fsp3) is 0.423. The summed E-state index contributed by atoms with van der Waals surface area (Å²) < 4.78 is 29.7. The molecule has 2 amide bonds. The van der Waals surface area contributed by atoms with E-state index in [-0.39, 0.29) is 32.7 Å². The lowest BCUT2D eigenvalue weighted by atomic mass is 9.86. The van der Waals surface area contributed by atoms with Crippen molar-refractivity contribution < 1.29 is 33.0 Å². The van der Waals surface area contributed by atoms with Crippen molar-refractivity contribution in [3.8, 4) is 0 Å². The third kappa shape index (κ3) is 6.49. The first-order chi connectivity index (χ1) is 16.5. The zero-order chi connectivity index (χ0) is 25.6. The molecule has 1 heterocycles. The summed E-state index contributed by atoms with van der Waals surface area (Å²) in [5.41, 5.74) is -0.970. The highest BCUT2D eigenvalue weighted by Gasteiger charge is 2.53. The first-order valence-electron chi connectivity index (χ1n) is 11.3. The Morgan fingerprint density at radius 2 is 1.60 bits per heavy atom. The standard InChI is InChI=1S/C26H31FN2O6/c1-25(2,3)35-23(31)28-14-15-29(24(32)34-17-20-8-6-5-7-9-20)26(18-28,22(30)33-4)16-19-10-12-21(27)13-11-19/h5-13H,14-18H2,1-4H3. The number of ether oxygens (including phenoxy) is 3. The minimum absolute atomic E-state index is 0.0136. The lowest BCUT2D eigenvalue weighted by molar-refractivity contribution is -0.158. The van der Waals surface area contributed by atoms with E-state index < -0.39 is 35.1 Å². The van der Waals surface area contributed by atoms with Gasteiger partial charge in [-0.3, -0.25) is 4.90 Å². The maximum Gasteiger partial charge on any atom is 0.411 e. The van der Waals surface area contributed by atoms with Gasteiger partial charge in [0.05, 0.1) is 13.7 Å². The predicted molar refractivity (Wildman–Crippen MR) is 126 cm³/mol. The quantitative estimate of drug-likeness (QED) is 0.466. The number of nitrogens with zero attached hydrogens (tertiary/aromatic N) is 2. The van der Waals surface area contributed by atoms with Gasteiger partial charge in [0.2, 0.25) is 0 Å². The molecule has 1 aliphatic rings. The van der Waals surface area contributed by atoms with Crippen molar-refractivity contribution in [2.45, 2.75) is 44.9 Å². The van der Waals surface area contributed by atoms with Gasteiger partial charge >= 0.3 is 18.2 Å². The molecule has 0 aliphatic carbocycles. The molecule has 9 heteroatoms. The number of amides is 2. The lowest BCUT2D eigenvalue weighted by Gasteiger charge is -2.47. The Bertz CT molecular complexity index is 1040. The van der Waals surface area contributed by atoms with E-state index in [1.807, 2.05) is 30.3 Å². The van der Waals surface area contributed by atoms with Crippen LogP contribution in [0.3, 0.4) is 0 Å². The van der Waals surface area contributed by atoms with Crippen LogP contribution in [-0.4, -0.2) is 65.8 Å². The Morgan fingerprint density at radius 1 is 0.943 bits per heavy atom. The van der Waals surface area contributed by atoms with Crippen LogP contribution >= 0.6 is 0 Å². The van der Waals surface area contributed by atoms with Crippen LogP contribution in [0.5, 0.6) is 0 Å². The first kappa shape index (κ1) is 26.0. The second-order valence-corrected chi connectivity index (χ2v) is 9.42. The highest BCUT2D eigenvalue weighted by atomic mass is 19.1. The molecule has 1 fully saturated rings. The van der Waals surface area contributed by atoms with Crippen molar-refractivity contribution >= 4 is 18.2 Å². The summed E-state index contributed by atoms with van der Waals surface area (Å²) in [5.74, 6) is -1.15. The van der Waals surface area contributed by atoms with Gasteiger partial charge in [0.15, 0.2) is 5.54 Å². The van der Waals surface area contributed by atoms with E-state index >= 15 is 0 Å². The molecule has 0 radical (unpaired) electrons. The number of rotatable bonds is 5. The van der Waals surface area contributed by atoms with Gasteiger partial charge in [-0.2, -0.15) is 0 Å². The number of carbonyl (C=O) groups excluding carboxylic acids is 3. The first-order valence-corrected chi connectivity index (χ1v) is 11.3. The summed E-state index contributed by atoms with van der Waals surface area (Å²) in [6.07, 6.45) is -1.34. The molecule has 0 saturated carbocycles. The van der Waals surface area contributed by atoms with Crippen LogP contribution in [-0.2, 0) is 32.0 Å². The largest absolute Gasteiger partial charge is 0.467 e. The van der Waals surface area contributed by atoms with Gasteiger partial charge < -0.3 is 19.1 Å². The van der Waals surface area contributed by atoms with Gasteiger partial charge in [-0.15, -0.1) is 0 Å². The maximum atomic E-state index is 13.5. The second kappa shape index (κ2) is 10.8. The highest BCUT2D eigenvalue weighted by molar-refractivity contribution is 5.88. The summed E-state index contributed by atoms with van der Waals surface area (Å²) in [6.45, 7) is 5.23. The van der Waals surface area contributed by atoms with Crippen LogP contribution in [0.1, 0.15) is 31.9 Å². The third-order valence-electron chi connectivity index (χ3n) is 5.62. The molecule has 0 aromatic heterocycles. The van der Waals surface area contributed by atoms with E-state index in [1.54, 1.807) is 20.8 Å². The van der Waals surface area contributed by atoms with Gasteiger partial charge in [-0.05, 0) is 44.0 Å². The van der Waals surface area contributed by atoms with E-state index in [9.17, 15) is 18.8 Å². The molecule has 1 unspecified atom stereocenters. The SMILES string of the molecule is COC(=O)C1(Cc2ccc(F)cc2)CN(C(=O)OC(C)(C)C)CCN1C(=O)OCc1ccccc1. The zero-order valence-electron chi connectivity index (χ0n) is 20.5. The Labute approximate surface area is 204 Å². The van der Waals surface area contributed by atoms with E-state index in [0.717, 1.165) is 5.56 Å². The molecule has 0 bridgehead atoms. The molecule has 0 N–H and O–H groups in total. The van der Waals surface area contributed by atoms with Crippen LogP contribution in [0.2, 0.25) is 0 Å². The normalized spacial score (nSPS) is 18.1. The van der Waals surface area contributed by atoms with Crippen molar-refractivity contribution in [3.63, 3.8) is 0 Å². The summed E-state index contributed by atoms with van der Waals surface area (Å²) in [5, 5.41) is 0. The molecule has 1 atom stereocenters. The highest BCUT2D eigenvalue weighted by Crippen LogP contribution is 2.30. The minimum atomic E-state index is -1.60. The van der Waals surface area contributed by atoms with Gasteiger partial charge in [0.1, 0.15) is 18.0 Å². The summed E-state index contributed by atoms with van der Waals surface area (Å²) >= 11 is 0. The molecule has 3 rings (SSSR count). The second-order valence-electron chi connectivity index (χ2n) is 9.42. The van der Waals surface area contributed by atoms with Gasteiger partial charge in [0.25, 0.3) is 0 Å². The van der Waals surface area contributed by atoms with Crippen molar-refractivity contribution in [1.29, 1.82) is 0 Å². The zero-order valence-corrected chi connectivity index (χ0v) is 20.5. The number of halogens is 1. The van der Waals surface area contributed by atoms with E-state index in [4.69, 9.17) is 14.2 Å². The number of hydrogen-bond donors (Lipinski definition) is 0. The van der Waals surface area contributed by atoms with Crippen LogP contribution in [0.15, 0.2) is 54.6 Å². The minimum Gasteiger partial charge on any atom is -0.467 e. The average molecular weight is 487 g/mol. The smallest absolute Gasteiger partial charge is 0.411 e. The topological polar surface area (TPSA) is 85.4 Å². The molecule has 1 saturated heterocycles.